The van der Waals surface area contributed by atoms with Crippen LogP contribution in [0.4, 0.5) is 23.2 Å². The van der Waals surface area contributed by atoms with Gasteiger partial charge in [0.1, 0.15) is 6.17 Å². The highest BCUT2D eigenvalue weighted by atomic mass is 79.9. The number of hydrogen-bond donors (Lipinski definition) is 1. The molecule has 7 heteroatoms. The van der Waals surface area contributed by atoms with Crippen LogP contribution in [0.3, 0.4) is 0 Å². The van der Waals surface area contributed by atoms with E-state index in [1.54, 1.807) is 12.1 Å². The second-order valence-corrected chi connectivity index (χ2v) is 8.06. The van der Waals surface area contributed by atoms with Crippen LogP contribution in [0.25, 0.3) is 0 Å². The summed E-state index contributed by atoms with van der Waals surface area (Å²) in [5.74, 6) is -0.300. The van der Waals surface area contributed by atoms with Gasteiger partial charge >= 0.3 is 6.18 Å². The van der Waals surface area contributed by atoms with Gasteiger partial charge < -0.3 is 5.32 Å². The molecule has 0 saturated heterocycles. The number of anilines is 1. The van der Waals surface area contributed by atoms with Gasteiger partial charge in [-0.2, -0.15) is 13.2 Å². The van der Waals surface area contributed by atoms with Crippen molar-refractivity contribution in [1.29, 1.82) is 0 Å². The normalized spacial score (nSPS) is 12.5. The van der Waals surface area contributed by atoms with E-state index in [0.717, 1.165) is 11.6 Å². The van der Waals surface area contributed by atoms with Gasteiger partial charge in [0.2, 0.25) is 0 Å². The summed E-state index contributed by atoms with van der Waals surface area (Å²) in [6, 6.07) is 17.4. The Hall–Kier alpha value is -2.67. The Balaban J connectivity index is 1.62. The molecular weight excluding hydrogens is 474 g/mol. The van der Waals surface area contributed by atoms with Crippen molar-refractivity contribution in [2.45, 2.75) is 32.1 Å². The first-order valence-corrected chi connectivity index (χ1v) is 10.4. The highest BCUT2D eigenvalue weighted by Gasteiger charge is 2.33. The quantitative estimate of drug-likeness (QED) is 0.350. The van der Waals surface area contributed by atoms with Crippen molar-refractivity contribution in [1.82, 2.24) is 0 Å². The fourth-order valence-electron chi connectivity index (χ4n) is 3.16. The molecule has 1 amide bonds. The second kappa shape index (κ2) is 9.64. The average Bonchev–Trinajstić information content (AvgIpc) is 2.74. The molecule has 162 valence electrons. The summed E-state index contributed by atoms with van der Waals surface area (Å²) in [6.45, 7) is 1.88. The standard InChI is InChI=1S/C24H20BrF4NO/c1-15-4-2-3-5-22(15)30-23(31)18-10-8-17(9-11-18)21(26)13-7-16-6-12-20(25)19(14-16)24(27,28)29/h2-6,8-12,14,21H,7,13H2,1H3,(H,30,31). The van der Waals surface area contributed by atoms with E-state index in [4.69, 9.17) is 0 Å². The van der Waals surface area contributed by atoms with Crippen molar-refractivity contribution in [2.75, 3.05) is 5.32 Å². The molecule has 2 nitrogen and oxygen atoms in total. The maximum Gasteiger partial charge on any atom is 0.417 e. The number of amides is 1. The zero-order valence-electron chi connectivity index (χ0n) is 16.6. The summed E-state index contributed by atoms with van der Waals surface area (Å²) in [7, 11) is 0. The Bertz CT molecular complexity index is 1060. The summed E-state index contributed by atoms with van der Waals surface area (Å²) in [4.78, 5) is 12.4. The number of benzene rings is 3. The van der Waals surface area contributed by atoms with E-state index >= 15 is 0 Å². The molecular formula is C24H20BrF4NO. The summed E-state index contributed by atoms with van der Waals surface area (Å²) < 4.78 is 53.6. The van der Waals surface area contributed by atoms with Gasteiger partial charge in [-0.25, -0.2) is 4.39 Å². The number of nitrogens with one attached hydrogen (secondary N) is 1. The number of para-hydroxylation sites is 1. The van der Waals surface area contributed by atoms with Gasteiger partial charge in [-0.1, -0.05) is 52.3 Å². The predicted molar refractivity (Wildman–Crippen MR) is 117 cm³/mol. The Morgan fingerprint density at radius 3 is 2.35 bits per heavy atom. The number of carbonyl (C=O) groups is 1. The average molecular weight is 494 g/mol. The van der Waals surface area contributed by atoms with Crippen LogP contribution in [0.1, 0.15) is 45.2 Å². The molecule has 3 aromatic rings. The van der Waals surface area contributed by atoms with Gasteiger partial charge in [-0.05, 0) is 66.8 Å². The van der Waals surface area contributed by atoms with Crippen LogP contribution in [0.2, 0.25) is 0 Å². The molecule has 31 heavy (non-hydrogen) atoms. The number of rotatable bonds is 6. The van der Waals surface area contributed by atoms with Crippen molar-refractivity contribution in [3.8, 4) is 0 Å². The summed E-state index contributed by atoms with van der Waals surface area (Å²) >= 11 is 2.90. The molecule has 0 aliphatic heterocycles. The smallest absolute Gasteiger partial charge is 0.322 e. The Morgan fingerprint density at radius 1 is 1.03 bits per heavy atom. The van der Waals surface area contributed by atoms with Gasteiger partial charge in [0.25, 0.3) is 5.91 Å². The van der Waals surface area contributed by atoms with Gasteiger partial charge in [0.05, 0.1) is 5.56 Å². The van der Waals surface area contributed by atoms with Crippen molar-refractivity contribution >= 4 is 27.5 Å². The van der Waals surface area contributed by atoms with Crippen molar-refractivity contribution in [3.63, 3.8) is 0 Å². The first-order valence-electron chi connectivity index (χ1n) is 9.62. The third-order valence-corrected chi connectivity index (χ3v) is 5.64. The van der Waals surface area contributed by atoms with Gasteiger partial charge in [-0.3, -0.25) is 4.79 Å². The lowest BCUT2D eigenvalue weighted by Crippen LogP contribution is -2.12. The van der Waals surface area contributed by atoms with Gasteiger partial charge in [0, 0.05) is 15.7 Å². The number of hydrogen-bond acceptors (Lipinski definition) is 1. The Morgan fingerprint density at radius 2 is 1.71 bits per heavy atom. The molecule has 3 aromatic carbocycles. The summed E-state index contributed by atoms with van der Waals surface area (Å²) in [6.07, 6.45) is -5.63. The van der Waals surface area contributed by atoms with E-state index < -0.39 is 17.9 Å². The molecule has 1 atom stereocenters. The van der Waals surface area contributed by atoms with Gasteiger partial charge in [-0.15, -0.1) is 0 Å². The number of aryl methyl sites for hydroxylation is 2. The summed E-state index contributed by atoms with van der Waals surface area (Å²) in [5.41, 5.74) is 2.03. The topological polar surface area (TPSA) is 29.1 Å². The van der Waals surface area contributed by atoms with Gasteiger partial charge in [0.15, 0.2) is 0 Å². The van der Waals surface area contributed by atoms with E-state index in [2.05, 4.69) is 21.2 Å². The molecule has 3 rings (SSSR count). The summed E-state index contributed by atoms with van der Waals surface area (Å²) in [5, 5.41) is 2.82. The van der Waals surface area contributed by atoms with Crippen molar-refractivity contribution < 1.29 is 22.4 Å². The van der Waals surface area contributed by atoms with Crippen LogP contribution in [0.5, 0.6) is 0 Å². The van der Waals surface area contributed by atoms with Crippen LogP contribution >= 0.6 is 15.9 Å². The third kappa shape index (κ3) is 5.94. The molecule has 0 aliphatic carbocycles. The fraction of sp³-hybridized carbons (Fsp3) is 0.208. The number of carbonyl (C=O) groups excluding carboxylic acids is 1. The van der Waals surface area contributed by atoms with Crippen LogP contribution < -0.4 is 5.32 Å². The van der Waals surface area contributed by atoms with Crippen molar-refractivity contribution in [2.24, 2.45) is 0 Å². The van der Waals surface area contributed by atoms with E-state index in [1.165, 1.54) is 30.3 Å². The maximum absolute atomic E-state index is 14.6. The molecule has 1 N–H and O–H groups in total. The Kier molecular flexibility index (Phi) is 7.15. The predicted octanol–water partition coefficient (Wildman–Crippen LogP) is 7.67. The maximum atomic E-state index is 14.6. The lowest BCUT2D eigenvalue weighted by molar-refractivity contribution is -0.138. The van der Waals surface area contributed by atoms with Crippen LogP contribution in [0, 0.1) is 6.92 Å². The minimum absolute atomic E-state index is 0.0354. The SMILES string of the molecule is Cc1ccccc1NC(=O)c1ccc(C(F)CCc2ccc(Br)c(C(F)(F)F)c2)cc1. The lowest BCUT2D eigenvalue weighted by Gasteiger charge is -2.13. The fourth-order valence-corrected chi connectivity index (χ4v) is 3.63. The third-order valence-electron chi connectivity index (χ3n) is 4.95. The van der Waals surface area contributed by atoms with Crippen molar-refractivity contribution in [3.05, 3.63) is 99.0 Å². The molecule has 0 heterocycles. The minimum Gasteiger partial charge on any atom is -0.322 e. The second-order valence-electron chi connectivity index (χ2n) is 7.21. The largest absolute Gasteiger partial charge is 0.417 e. The zero-order valence-corrected chi connectivity index (χ0v) is 18.2. The van der Waals surface area contributed by atoms with E-state index in [0.29, 0.717) is 22.4 Å². The molecule has 0 bridgehead atoms. The number of halogens is 5. The molecule has 0 spiro atoms. The van der Waals surface area contributed by atoms with E-state index in [9.17, 15) is 22.4 Å². The van der Waals surface area contributed by atoms with E-state index in [-0.39, 0.29) is 23.2 Å². The molecule has 1 unspecified atom stereocenters. The van der Waals surface area contributed by atoms with Crippen LogP contribution in [-0.2, 0) is 12.6 Å². The monoisotopic (exact) mass is 493 g/mol. The van der Waals surface area contributed by atoms with E-state index in [1.807, 2.05) is 25.1 Å². The first-order chi connectivity index (χ1) is 14.6. The molecule has 0 aliphatic rings. The molecule has 0 saturated carbocycles. The lowest BCUT2D eigenvalue weighted by atomic mass is 10.00. The molecule has 0 fully saturated rings. The zero-order chi connectivity index (χ0) is 22.6. The van der Waals surface area contributed by atoms with Crippen LogP contribution in [0.15, 0.2) is 71.2 Å². The Labute approximate surface area is 186 Å². The first kappa shape index (κ1) is 23.0. The number of alkyl halides is 4. The molecule has 0 radical (unpaired) electrons. The minimum atomic E-state index is -4.47. The highest BCUT2D eigenvalue weighted by Crippen LogP contribution is 2.36. The molecule has 0 aromatic heterocycles. The highest BCUT2D eigenvalue weighted by molar-refractivity contribution is 9.10. The van der Waals surface area contributed by atoms with Crippen LogP contribution in [-0.4, -0.2) is 5.91 Å².